The van der Waals surface area contributed by atoms with E-state index in [0.717, 1.165) is 6.42 Å². The summed E-state index contributed by atoms with van der Waals surface area (Å²) in [5.41, 5.74) is 10.2. The van der Waals surface area contributed by atoms with Gasteiger partial charge in [0.2, 0.25) is 0 Å². The van der Waals surface area contributed by atoms with E-state index in [1.54, 1.807) is 0 Å². The monoisotopic (exact) mass is 486 g/mol. The van der Waals surface area contributed by atoms with Crippen molar-refractivity contribution < 1.29 is 0 Å². The Morgan fingerprint density at radius 3 is 2.03 bits per heavy atom. The average Bonchev–Trinajstić information content (AvgIpc) is 3.51. The van der Waals surface area contributed by atoms with E-state index in [-0.39, 0.29) is 0 Å². The van der Waals surface area contributed by atoms with Gasteiger partial charge in [-0.3, -0.25) is 0 Å². The van der Waals surface area contributed by atoms with Crippen LogP contribution in [0.25, 0.3) is 39.5 Å². The molecule has 1 unspecified atom stereocenters. The van der Waals surface area contributed by atoms with Gasteiger partial charge in [-0.1, -0.05) is 103 Å². The van der Waals surface area contributed by atoms with Crippen LogP contribution < -0.4 is 15.5 Å². The Hall–Kier alpha value is -4.82. The zero-order chi connectivity index (χ0) is 25.1. The van der Waals surface area contributed by atoms with Gasteiger partial charge in [0, 0.05) is 39.3 Å². The third-order valence-electron chi connectivity index (χ3n) is 8.09. The third-order valence-corrected chi connectivity index (χ3v) is 8.09. The first kappa shape index (κ1) is 21.3. The molecular formula is C36H26N2. The molecule has 180 valence electrons. The number of aromatic nitrogens is 1. The Morgan fingerprint density at radius 2 is 1.21 bits per heavy atom. The molecule has 0 bridgehead atoms. The zero-order valence-electron chi connectivity index (χ0n) is 21.0. The van der Waals surface area contributed by atoms with E-state index < -0.39 is 0 Å². The highest BCUT2D eigenvalue weighted by Gasteiger charge is 2.37. The first-order valence-electron chi connectivity index (χ1n) is 13.3. The molecule has 0 N–H and O–H groups in total. The van der Waals surface area contributed by atoms with Crippen molar-refractivity contribution in [3.05, 3.63) is 150 Å². The summed E-state index contributed by atoms with van der Waals surface area (Å²) in [7, 11) is 0. The van der Waals surface area contributed by atoms with Gasteiger partial charge >= 0.3 is 0 Å². The van der Waals surface area contributed by atoms with Gasteiger partial charge in [0.25, 0.3) is 0 Å². The molecule has 1 aliphatic heterocycles. The maximum atomic E-state index is 2.50. The lowest BCUT2D eigenvalue weighted by molar-refractivity contribution is 0.895. The molecule has 0 saturated carbocycles. The van der Waals surface area contributed by atoms with Crippen molar-refractivity contribution in [2.24, 2.45) is 0 Å². The fourth-order valence-electron chi connectivity index (χ4n) is 6.46. The lowest BCUT2D eigenvalue weighted by Crippen LogP contribution is -2.37. The van der Waals surface area contributed by atoms with E-state index >= 15 is 0 Å². The first-order valence-corrected chi connectivity index (χ1v) is 13.3. The second-order valence-electron chi connectivity index (χ2n) is 10.1. The molecular weight excluding hydrogens is 460 g/mol. The van der Waals surface area contributed by atoms with Gasteiger partial charge in [-0.05, 0) is 59.5 Å². The van der Waals surface area contributed by atoms with Gasteiger partial charge < -0.3 is 9.47 Å². The second kappa shape index (κ2) is 8.36. The van der Waals surface area contributed by atoms with E-state index in [2.05, 4.69) is 149 Å². The predicted molar refractivity (Wildman–Crippen MR) is 158 cm³/mol. The van der Waals surface area contributed by atoms with Crippen LogP contribution in [0.2, 0.25) is 0 Å². The van der Waals surface area contributed by atoms with Crippen LogP contribution in [0.4, 0.5) is 11.4 Å². The number of fused-ring (bicyclic) bond motifs is 6. The Morgan fingerprint density at radius 1 is 0.553 bits per heavy atom. The quantitative estimate of drug-likeness (QED) is 0.251. The van der Waals surface area contributed by atoms with E-state index in [4.69, 9.17) is 0 Å². The Balaban J connectivity index is 1.42. The largest absolute Gasteiger partial charge is 0.313 e. The molecule has 0 fully saturated rings. The third kappa shape index (κ3) is 3.07. The highest BCUT2D eigenvalue weighted by atomic mass is 15.2. The van der Waals surface area contributed by atoms with Crippen molar-refractivity contribution in [3.63, 3.8) is 0 Å². The lowest BCUT2D eigenvalue weighted by atomic mass is 9.91. The van der Waals surface area contributed by atoms with Crippen molar-refractivity contribution in [2.45, 2.75) is 12.3 Å². The summed E-state index contributed by atoms with van der Waals surface area (Å²) in [5.74, 6) is 0.346. The van der Waals surface area contributed by atoms with Crippen molar-refractivity contribution in [1.82, 2.24) is 4.57 Å². The summed E-state index contributed by atoms with van der Waals surface area (Å²) in [6.45, 7) is 0. The second-order valence-corrected chi connectivity index (χ2v) is 10.1. The van der Waals surface area contributed by atoms with Gasteiger partial charge in [-0.2, -0.15) is 0 Å². The molecule has 0 spiro atoms. The fourth-order valence-corrected chi connectivity index (χ4v) is 6.46. The number of hydrogen-bond donors (Lipinski definition) is 0. The average molecular weight is 487 g/mol. The molecule has 1 atom stereocenters. The molecule has 2 heterocycles. The van der Waals surface area contributed by atoms with Gasteiger partial charge in [0.05, 0.1) is 10.9 Å². The molecule has 0 radical (unpaired) electrons. The molecule has 5 aromatic carbocycles. The van der Waals surface area contributed by atoms with Gasteiger partial charge in [0.15, 0.2) is 0 Å². The highest BCUT2D eigenvalue weighted by molar-refractivity contribution is 5.96. The van der Waals surface area contributed by atoms with E-state index in [1.807, 2.05) is 0 Å². The van der Waals surface area contributed by atoms with Crippen molar-refractivity contribution >= 4 is 34.1 Å². The number of benzene rings is 5. The Labute approximate surface area is 222 Å². The number of para-hydroxylation sites is 3. The van der Waals surface area contributed by atoms with E-state index in [0.29, 0.717) is 5.92 Å². The molecule has 38 heavy (non-hydrogen) atoms. The van der Waals surface area contributed by atoms with Crippen LogP contribution in [0.3, 0.4) is 0 Å². The molecule has 1 aromatic heterocycles. The van der Waals surface area contributed by atoms with Crippen LogP contribution in [0.15, 0.2) is 133 Å². The minimum atomic E-state index is 0.346. The maximum absolute atomic E-state index is 2.50. The Bertz CT molecular complexity index is 1930. The molecule has 2 aliphatic rings. The molecule has 0 amide bonds. The van der Waals surface area contributed by atoms with Crippen LogP contribution in [0.5, 0.6) is 0 Å². The normalized spacial score (nSPS) is 15.6. The zero-order valence-corrected chi connectivity index (χ0v) is 21.0. The van der Waals surface area contributed by atoms with Crippen LogP contribution in [0, 0.1) is 0 Å². The fraction of sp³-hybridized carbons (Fsp3) is 0.0556. The molecule has 6 aromatic rings. The van der Waals surface area contributed by atoms with Crippen LogP contribution in [-0.4, -0.2) is 4.57 Å². The van der Waals surface area contributed by atoms with Crippen LogP contribution in [0.1, 0.15) is 17.9 Å². The van der Waals surface area contributed by atoms with Crippen LogP contribution >= 0.6 is 0 Å². The minimum absolute atomic E-state index is 0.346. The summed E-state index contributed by atoms with van der Waals surface area (Å²) in [5, 5.41) is 3.95. The van der Waals surface area contributed by atoms with Crippen molar-refractivity contribution in [2.75, 3.05) is 4.90 Å². The van der Waals surface area contributed by atoms with Crippen LogP contribution in [-0.2, 0) is 0 Å². The predicted octanol–water partition coefficient (Wildman–Crippen LogP) is 7.53. The van der Waals surface area contributed by atoms with Gasteiger partial charge in [-0.15, -0.1) is 0 Å². The SMILES string of the molecule is C1=c2c(c3ccccc3n2-c2ccc(-c3ccccc3)cc2)=C2C(C1)c1ccccc1N2c1ccccc1. The standard InChI is InChI=1S/C36H26N2/c1-3-11-25(12-4-1)26-19-21-28(22-20-26)37-33-18-10-8-16-31(33)35-34(37)24-23-30-29-15-7-9-17-32(29)38(36(30)35)27-13-5-2-6-14-27/h1-22,24,30H,23H2. The molecule has 0 saturated heterocycles. The summed E-state index contributed by atoms with van der Waals surface area (Å²) in [4.78, 5) is 2.50. The summed E-state index contributed by atoms with van der Waals surface area (Å²) < 4.78 is 2.45. The number of anilines is 2. The molecule has 2 nitrogen and oxygen atoms in total. The topological polar surface area (TPSA) is 8.17 Å². The van der Waals surface area contributed by atoms with Gasteiger partial charge in [-0.25, -0.2) is 0 Å². The van der Waals surface area contributed by atoms with Gasteiger partial charge in [0.1, 0.15) is 0 Å². The number of hydrogen-bond acceptors (Lipinski definition) is 1. The minimum Gasteiger partial charge on any atom is -0.313 e. The first-order chi connectivity index (χ1) is 18.9. The number of rotatable bonds is 3. The lowest BCUT2D eigenvalue weighted by Gasteiger charge is -2.25. The molecule has 8 rings (SSSR count). The van der Waals surface area contributed by atoms with Crippen molar-refractivity contribution in [1.29, 1.82) is 0 Å². The summed E-state index contributed by atoms with van der Waals surface area (Å²) in [6.07, 6.45) is 3.45. The van der Waals surface area contributed by atoms with Crippen molar-refractivity contribution in [3.8, 4) is 16.8 Å². The summed E-state index contributed by atoms with van der Waals surface area (Å²) >= 11 is 0. The highest BCUT2D eigenvalue weighted by Crippen LogP contribution is 2.50. The maximum Gasteiger partial charge on any atom is 0.0541 e. The Kier molecular flexibility index (Phi) is 4.68. The summed E-state index contributed by atoms with van der Waals surface area (Å²) in [6, 6.07) is 48.2. The molecule has 2 heteroatoms. The smallest absolute Gasteiger partial charge is 0.0541 e. The van der Waals surface area contributed by atoms with E-state index in [9.17, 15) is 0 Å². The molecule has 1 aliphatic carbocycles. The van der Waals surface area contributed by atoms with E-state index in [1.165, 1.54) is 60.9 Å². The number of nitrogens with zero attached hydrogens (tertiary/aromatic N) is 2.